The van der Waals surface area contributed by atoms with Gasteiger partial charge in [-0.2, -0.15) is 0 Å². The van der Waals surface area contributed by atoms with E-state index >= 15 is 0 Å². The van der Waals surface area contributed by atoms with E-state index < -0.39 is 0 Å². The number of aromatic nitrogens is 2. The Hall–Kier alpha value is -2.14. The summed E-state index contributed by atoms with van der Waals surface area (Å²) >= 11 is 1.57. The van der Waals surface area contributed by atoms with Gasteiger partial charge in [-0.05, 0) is 42.5 Å². The summed E-state index contributed by atoms with van der Waals surface area (Å²) in [6, 6.07) is 4.51. The van der Waals surface area contributed by atoms with Gasteiger partial charge in [-0.15, -0.1) is 0 Å². The lowest BCUT2D eigenvalue weighted by molar-refractivity contribution is -0.741. The molecule has 0 amide bonds. The van der Waals surface area contributed by atoms with Crippen LogP contribution in [0.25, 0.3) is 12.2 Å². The van der Waals surface area contributed by atoms with Crippen molar-refractivity contribution in [1.29, 1.82) is 0 Å². The number of rotatable bonds is 4. The first-order chi connectivity index (χ1) is 9.10. The van der Waals surface area contributed by atoms with E-state index in [-0.39, 0.29) is 11.5 Å². The van der Waals surface area contributed by atoms with Crippen molar-refractivity contribution < 1.29 is 14.9 Å². The summed E-state index contributed by atoms with van der Waals surface area (Å²) < 4.78 is 1.85. The lowest BCUT2D eigenvalue weighted by atomic mass is 10.2. The highest BCUT2D eigenvalue weighted by molar-refractivity contribution is 7.11. The van der Waals surface area contributed by atoms with Crippen LogP contribution in [0.1, 0.15) is 15.6 Å². The number of nitrogens with zero attached hydrogens (tertiary/aromatic N) is 2. The van der Waals surface area contributed by atoms with Gasteiger partial charge < -0.3 is 10.2 Å². The smallest absolute Gasteiger partial charge is 0.289 e. The Balaban J connectivity index is 2.29. The number of benzene rings is 1. The number of allylic oxidation sites excluding steroid dienone is 1. The molecule has 2 rings (SSSR count). The standard InChI is InChI=1S/C14H14N2O2S/c1-3-8-16-14(19-10(2)15-16)7-5-11-4-6-12(17)9-13(11)18/h3-7,9H,1,8H2,2H3,(H,17,18)/p+1. The predicted octanol–water partition coefficient (Wildman–Crippen LogP) is 2.51. The van der Waals surface area contributed by atoms with Crippen molar-refractivity contribution in [1.82, 2.24) is 5.10 Å². The summed E-state index contributed by atoms with van der Waals surface area (Å²) in [5, 5.41) is 25.2. The van der Waals surface area contributed by atoms with Crippen LogP contribution < -0.4 is 4.68 Å². The van der Waals surface area contributed by atoms with Gasteiger partial charge in [-0.25, -0.2) is 0 Å². The van der Waals surface area contributed by atoms with Gasteiger partial charge in [-0.1, -0.05) is 11.3 Å². The molecule has 0 radical (unpaired) electrons. The zero-order chi connectivity index (χ0) is 13.8. The predicted molar refractivity (Wildman–Crippen MR) is 75.9 cm³/mol. The third-order valence-corrected chi connectivity index (χ3v) is 3.42. The summed E-state index contributed by atoms with van der Waals surface area (Å²) in [5.41, 5.74) is 0.647. The van der Waals surface area contributed by atoms with Gasteiger partial charge in [0.25, 0.3) is 5.01 Å². The Morgan fingerprint density at radius 3 is 2.84 bits per heavy atom. The van der Waals surface area contributed by atoms with Gasteiger partial charge in [0.15, 0.2) is 11.6 Å². The number of aromatic hydroxyl groups is 2. The van der Waals surface area contributed by atoms with Crippen LogP contribution in [-0.4, -0.2) is 15.3 Å². The van der Waals surface area contributed by atoms with Crippen molar-refractivity contribution in [2.45, 2.75) is 13.5 Å². The maximum Gasteiger partial charge on any atom is 0.289 e. The second kappa shape index (κ2) is 5.67. The molecule has 0 aliphatic heterocycles. The number of phenols is 2. The van der Waals surface area contributed by atoms with E-state index in [9.17, 15) is 10.2 Å². The minimum atomic E-state index is 0.0463. The average molecular weight is 275 g/mol. The van der Waals surface area contributed by atoms with E-state index in [4.69, 9.17) is 0 Å². The van der Waals surface area contributed by atoms with E-state index in [0.29, 0.717) is 12.1 Å². The molecule has 0 bridgehead atoms. The molecule has 0 unspecified atom stereocenters. The number of phenolic OH excluding ortho intramolecular Hbond substituents is 2. The topological polar surface area (TPSA) is 57.2 Å². The van der Waals surface area contributed by atoms with Crippen molar-refractivity contribution in [2.75, 3.05) is 0 Å². The third-order valence-electron chi connectivity index (χ3n) is 2.49. The molecule has 0 aliphatic carbocycles. The average Bonchev–Trinajstić information content (AvgIpc) is 2.69. The summed E-state index contributed by atoms with van der Waals surface area (Å²) in [7, 11) is 0. The fourth-order valence-corrected chi connectivity index (χ4v) is 2.45. The van der Waals surface area contributed by atoms with Crippen LogP contribution in [0.5, 0.6) is 11.5 Å². The van der Waals surface area contributed by atoms with Gasteiger partial charge in [-0.3, -0.25) is 0 Å². The second-order valence-corrected chi connectivity index (χ2v) is 5.22. The Morgan fingerprint density at radius 2 is 2.16 bits per heavy atom. The SMILES string of the molecule is C=CC[n+]1nc(C)sc1/C=C/c1ccc(O)cc1O. The lowest BCUT2D eigenvalue weighted by Crippen LogP contribution is -2.37. The van der Waals surface area contributed by atoms with Crippen LogP contribution in [0.3, 0.4) is 0 Å². The van der Waals surface area contributed by atoms with Crippen LogP contribution in [0.15, 0.2) is 30.9 Å². The first-order valence-corrected chi connectivity index (χ1v) is 6.60. The van der Waals surface area contributed by atoms with Crippen molar-refractivity contribution >= 4 is 23.5 Å². The highest BCUT2D eigenvalue weighted by atomic mass is 32.1. The normalized spacial score (nSPS) is 11.0. The Kier molecular flexibility index (Phi) is 3.97. The molecule has 98 valence electrons. The molecule has 19 heavy (non-hydrogen) atoms. The van der Waals surface area contributed by atoms with Crippen LogP contribution in [-0.2, 0) is 6.54 Å². The molecule has 2 N–H and O–H groups in total. The van der Waals surface area contributed by atoms with Gasteiger partial charge in [0.1, 0.15) is 11.5 Å². The van der Waals surface area contributed by atoms with Crippen molar-refractivity contribution in [3.05, 3.63) is 46.4 Å². The summed E-state index contributed by atoms with van der Waals surface area (Å²) in [5.74, 6) is 0.0952. The zero-order valence-electron chi connectivity index (χ0n) is 10.6. The van der Waals surface area contributed by atoms with Crippen LogP contribution >= 0.6 is 11.3 Å². The molecule has 1 heterocycles. The van der Waals surface area contributed by atoms with Crippen LogP contribution in [0.4, 0.5) is 0 Å². The first kappa shape index (κ1) is 13.3. The largest absolute Gasteiger partial charge is 0.508 e. The van der Waals surface area contributed by atoms with Gasteiger partial charge in [0.2, 0.25) is 0 Å². The number of hydrogen-bond donors (Lipinski definition) is 2. The van der Waals surface area contributed by atoms with E-state index in [2.05, 4.69) is 11.7 Å². The maximum atomic E-state index is 9.70. The van der Waals surface area contributed by atoms with Gasteiger partial charge in [0.05, 0.1) is 0 Å². The fraction of sp³-hybridized carbons (Fsp3) is 0.143. The minimum Gasteiger partial charge on any atom is -0.508 e. The molecule has 4 nitrogen and oxygen atoms in total. The molecular weight excluding hydrogens is 260 g/mol. The molecule has 0 saturated heterocycles. The van der Waals surface area contributed by atoms with Crippen molar-refractivity contribution in [3.8, 4) is 11.5 Å². The number of aryl methyl sites for hydroxylation is 1. The van der Waals surface area contributed by atoms with E-state index in [0.717, 1.165) is 10.0 Å². The summed E-state index contributed by atoms with van der Waals surface area (Å²) in [6.45, 7) is 6.29. The number of hydrogen-bond acceptors (Lipinski definition) is 4. The molecule has 0 atom stereocenters. The highest BCUT2D eigenvalue weighted by Gasteiger charge is 2.13. The van der Waals surface area contributed by atoms with Crippen molar-refractivity contribution in [2.24, 2.45) is 0 Å². The van der Waals surface area contributed by atoms with Crippen molar-refractivity contribution in [3.63, 3.8) is 0 Å². The molecule has 0 saturated carbocycles. The van der Waals surface area contributed by atoms with Crippen LogP contribution in [0, 0.1) is 6.92 Å². The quantitative estimate of drug-likeness (QED) is 0.666. The Morgan fingerprint density at radius 1 is 1.37 bits per heavy atom. The molecule has 0 fully saturated rings. The third kappa shape index (κ3) is 3.20. The summed E-state index contributed by atoms with van der Waals surface area (Å²) in [4.78, 5) is 0. The fourth-order valence-electron chi connectivity index (χ4n) is 1.65. The van der Waals surface area contributed by atoms with Gasteiger partial charge in [0, 0.05) is 22.8 Å². The first-order valence-electron chi connectivity index (χ1n) is 5.78. The van der Waals surface area contributed by atoms with E-state index in [1.165, 1.54) is 12.1 Å². The van der Waals surface area contributed by atoms with E-state index in [1.807, 2.05) is 17.7 Å². The maximum absolute atomic E-state index is 9.70. The molecular formula is C14H15N2O2S+. The monoisotopic (exact) mass is 275 g/mol. The molecule has 1 aromatic heterocycles. The highest BCUT2D eigenvalue weighted by Crippen LogP contribution is 2.24. The minimum absolute atomic E-state index is 0.0463. The molecule has 5 heteroatoms. The zero-order valence-corrected chi connectivity index (χ0v) is 11.4. The summed E-state index contributed by atoms with van der Waals surface area (Å²) in [6.07, 6.45) is 5.47. The van der Waals surface area contributed by atoms with Gasteiger partial charge >= 0.3 is 0 Å². The Bertz CT molecular complexity index is 632. The second-order valence-electron chi connectivity index (χ2n) is 4.01. The molecule has 0 spiro atoms. The molecule has 2 aromatic rings. The van der Waals surface area contributed by atoms with Crippen LogP contribution in [0.2, 0.25) is 0 Å². The Labute approximate surface area is 115 Å². The molecule has 0 aliphatic rings. The lowest BCUT2D eigenvalue weighted by Gasteiger charge is -1.98. The van der Waals surface area contributed by atoms with E-state index in [1.54, 1.807) is 29.6 Å². The molecule has 1 aromatic carbocycles.